The van der Waals surface area contributed by atoms with Crippen molar-refractivity contribution in [3.05, 3.63) is 35.9 Å². The highest BCUT2D eigenvalue weighted by atomic mass is 16.3. The third-order valence-corrected chi connectivity index (χ3v) is 1.97. The van der Waals surface area contributed by atoms with Crippen LogP contribution >= 0.6 is 0 Å². The molecule has 0 aliphatic heterocycles. The molecule has 0 aliphatic carbocycles. The monoisotopic (exact) mass is 166 g/mol. The lowest BCUT2D eigenvalue weighted by Gasteiger charge is -2.12. The van der Waals surface area contributed by atoms with Crippen LogP contribution in [0, 0.1) is 0 Å². The normalized spacial score (nSPS) is 12.8. The van der Waals surface area contributed by atoms with Gasteiger partial charge < -0.3 is 10.2 Å². The molecule has 0 unspecified atom stereocenters. The van der Waals surface area contributed by atoms with Gasteiger partial charge in [0.15, 0.2) is 0 Å². The maximum absolute atomic E-state index is 9.00. The standard InChI is InChI=1S/C10H14O2/c11-7-6-10(8-12)9-4-2-1-3-5-9/h1-5,10-12H,6-8H2/t10-/m0/s1. The van der Waals surface area contributed by atoms with E-state index in [1.807, 2.05) is 30.3 Å². The number of aliphatic hydroxyl groups excluding tert-OH is 2. The van der Waals surface area contributed by atoms with Crippen molar-refractivity contribution >= 4 is 0 Å². The maximum Gasteiger partial charge on any atom is 0.0500 e. The third-order valence-electron chi connectivity index (χ3n) is 1.97. The first-order valence-corrected chi connectivity index (χ1v) is 4.15. The smallest absolute Gasteiger partial charge is 0.0500 e. The lowest BCUT2D eigenvalue weighted by molar-refractivity contribution is 0.220. The fourth-order valence-electron chi connectivity index (χ4n) is 1.24. The van der Waals surface area contributed by atoms with Gasteiger partial charge in [0.05, 0.1) is 6.61 Å². The summed E-state index contributed by atoms with van der Waals surface area (Å²) >= 11 is 0. The van der Waals surface area contributed by atoms with E-state index in [0.717, 1.165) is 5.56 Å². The molecule has 12 heavy (non-hydrogen) atoms. The Bertz CT molecular complexity index is 208. The topological polar surface area (TPSA) is 40.5 Å². The van der Waals surface area contributed by atoms with Crippen LogP contribution < -0.4 is 0 Å². The molecule has 2 heteroatoms. The first-order chi connectivity index (χ1) is 5.88. The number of benzene rings is 1. The zero-order chi connectivity index (χ0) is 8.81. The van der Waals surface area contributed by atoms with Gasteiger partial charge in [-0.25, -0.2) is 0 Å². The van der Waals surface area contributed by atoms with E-state index in [9.17, 15) is 0 Å². The van der Waals surface area contributed by atoms with Gasteiger partial charge in [0.25, 0.3) is 0 Å². The van der Waals surface area contributed by atoms with Gasteiger partial charge in [-0.2, -0.15) is 0 Å². The summed E-state index contributed by atoms with van der Waals surface area (Å²) < 4.78 is 0. The molecule has 0 aliphatic rings. The van der Waals surface area contributed by atoms with Crippen LogP contribution in [-0.4, -0.2) is 23.4 Å². The van der Waals surface area contributed by atoms with Crippen LogP contribution in [0.4, 0.5) is 0 Å². The van der Waals surface area contributed by atoms with Crippen LogP contribution in [0.2, 0.25) is 0 Å². The van der Waals surface area contributed by atoms with Gasteiger partial charge in [-0.3, -0.25) is 0 Å². The summed E-state index contributed by atoms with van der Waals surface area (Å²) in [5.74, 6) is 0.0798. The average molecular weight is 166 g/mol. The van der Waals surface area contributed by atoms with Gasteiger partial charge in [-0.05, 0) is 12.0 Å². The summed E-state index contributed by atoms with van der Waals surface area (Å²) in [5.41, 5.74) is 1.09. The first-order valence-electron chi connectivity index (χ1n) is 4.15. The molecule has 0 fully saturated rings. The molecule has 1 aromatic carbocycles. The second kappa shape index (κ2) is 4.91. The minimum Gasteiger partial charge on any atom is -0.396 e. The van der Waals surface area contributed by atoms with Crippen molar-refractivity contribution in [2.45, 2.75) is 12.3 Å². The van der Waals surface area contributed by atoms with Crippen molar-refractivity contribution in [3.63, 3.8) is 0 Å². The summed E-state index contributed by atoms with van der Waals surface area (Å²) in [5, 5.41) is 17.7. The number of aliphatic hydroxyl groups is 2. The molecular formula is C10H14O2. The first kappa shape index (κ1) is 9.23. The molecule has 0 heterocycles. The van der Waals surface area contributed by atoms with Gasteiger partial charge in [-0.15, -0.1) is 0 Å². The quantitative estimate of drug-likeness (QED) is 0.704. The molecule has 0 aromatic heterocycles. The van der Waals surface area contributed by atoms with E-state index >= 15 is 0 Å². The minimum absolute atomic E-state index is 0.0798. The van der Waals surface area contributed by atoms with E-state index in [0.29, 0.717) is 6.42 Å². The Morgan fingerprint density at radius 1 is 1.08 bits per heavy atom. The highest BCUT2D eigenvalue weighted by Gasteiger charge is 2.07. The Labute approximate surface area is 72.5 Å². The zero-order valence-corrected chi connectivity index (χ0v) is 6.98. The number of hydrogen-bond acceptors (Lipinski definition) is 2. The summed E-state index contributed by atoms with van der Waals surface area (Å²) in [6.45, 7) is 0.227. The number of rotatable bonds is 4. The van der Waals surface area contributed by atoms with Crippen molar-refractivity contribution in [3.8, 4) is 0 Å². The molecule has 0 saturated heterocycles. The Morgan fingerprint density at radius 3 is 2.25 bits per heavy atom. The van der Waals surface area contributed by atoms with Crippen LogP contribution in [0.15, 0.2) is 30.3 Å². The van der Waals surface area contributed by atoms with Crippen LogP contribution in [-0.2, 0) is 0 Å². The second-order valence-electron chi connectivity index (χ2n) is 2.80. The van der Waals surface area contributed by atoms with Gasteiger partial charge in [-0.1, -0.05) is 30.3 Å². The fraction of sp³-hybridized carbons (Fsp3) is 0.400. The lowest BCUT2D eigenvalue weighted by Crippen LogP contribution is -2.05. The molecule has 66 valence electrons. The third kappa shape index (κ3) is 2.32. The van der Waals surface area contributed by atoms with Crippen molar-refractivity contribution in [2.24, 2.45) is 0 Å². The largest absolute Gasteiger partial charge is 0.396 e. The van der Waals surface area contributed by atoms with Gasteiger partial charge in [0.1, 0.15) is 0 Å². The fourth-order valence-corrected chi connectivity index (χ4v) is 1.24. The van der Waals surface area contributed by atoms with Crippen LogP contribution in [0.25, 0.3) is 0 Å². The van der Waals surface area contributed by atoms with Crippen molar-refractivity contribution < 1.29 is 10.2 Å². The molecule has 1 aromatic rings. The zero-order valence-electron chi connectivity index (χ0n) is 6.98. The van der Waals surface area contributed by atoms with Crippen molar-refractivity contribution in [2.75, 3.05) is 13.2 Å². The summed E-state index contributed by atoms with van der Waals surface area (Å²) in [6.07, 6.45) is 0.626. The van der Waals surface area contributed by atoms with Crippen molar-refractivity contribution in [1.82, 2.24) is 0 Å². The van der Waals surface area contributed by atoms with Gasteiger partial charge >= 0.3 is 0 Å². The van der Waals surface area contributed by atoms with Crippen LogP contribution in [0.5, 0.6) is 0 Å². The lowest BCUT2D eigenvalue weighted by atomic mass is 9.97. The number of hydrogen-bond donors (Lipinski definition) is 2. The molecule has 1 rings (SSSR count). The van der Waals surface area contributed by atoms with Crippen LogP contribution in [0.3, 0.4) is 0 Å². The predicted molar refractivity (Wildman–Crippen MR) is 48.0 cm³/mol. The van der Waals surface area contributed by atoms with Crippen LogP contribution in [0.1, 0.15) is 17.9 Å². The molecule has 2 N–H and O–H groups in total. The van der Waals surface area contributed by atoms with E-state index in [4.69, 9.17) is 10.2 Å². The van der Waals surface area contributed by atoms with E-state index in [2.05, 4.69) is 0 Å². The molecule has 0 bridgehead atoms. The van der Waals surface area contributed by atoms with E-state index in [-0.39, 0.29) is 19.1 Å². The van der Waals surface area contributed by atoms with E-state index < -0.39 is 0 Å². The molecular weight excluding hydrogens is 152 g/mol. The Kier molecular flexibility index (Phi) is 3.77. The van der Waals surface area contributed by atoms with E-state index in [1.165, 1.54) is 0 Å². The summed E-state index contributed by atoms with van der Waals surface area (Å²) in [7, 11) is 0. The highest BCUT2D eigenvalue weighted by molar-refractivity contribution is 5.19. The second-order valence-corrected chi connectivity index (χ2v) is 2.80. The average Bonchev–Trinajstić information content (AvgIpc) is 2.15. The molecule has 2 nitrogen and oxygen atoms in total. The Morgan fingerprint density at radius 2 is 1.75 bits per heavy atom. The Balaban J connectivity index is 2.66. The predicted octanol–water partition coefficient (Wildman–Crippen LogP) is 1.14. The molecule has 0 spiro atoms. The highest BCUT2D eigenvalue weighted by Crippen LogP contribution is 2.17. The molecule has 1 atom stereocenters. The maximum atomic E-state index is 9.00. The summed E-state index contributed by atoms with van der Waals surface area (Å²) in [4.78, 5) is 0. The molecule has 0 amide bonds. The summed E-state index contributed by atoms with van der Waals surface area (Å²) in [6, 6.07) is 9.76. The minimum atomic E-state index is 0.0798. The van der Waals surface area contributed by atoms with Gasteiger partial charge in [0.2, 0.25) is 0 Å². The molecule has 0 saturated carbocycles. The van der Waals surface area contributed by atoms with E-state index in [1.54, 1.807) is 0 Å². The van der Waals surface area contributed by atoms with Crippen molar-refractivity contribution in [1.29, 1.82) is 0 Å². The van der Waals surface area contributed by atoms with Gasteiger partial charge in [0, 0.05) is 12.5 Å². The SMILES string of the molecule is OCC[C@@H](CO)c1ccccc1. The molecule has 0 radical (unpaired) electrons. The Hall–Kier alpha value is -0.860.